The maximum absolute atomic E-state index is 6.02. The number of benzene rings is 1. The lowest BCUT2D eigenvalue weighted by atomic mass is 10.1. The molecule has 0 saturated heterocycles. The molecule has 0 aliphatic heterocycles. The van der Waals surface area contributed by atoms with Crippen molar-refractivity contribution in [3.05, 3.63) is 29.8 Å². The zero-order valence-corrected chi connectivity index (χ0v) is 10.7. The number of hydrogen-bond donors (Lipinski definition) is 1. The van der Waals surface area contributed by atoms with E-state index >= 15 is 0 Å². The van der Waals surface area contributed by atoms with Gasteiger partial charge in [-0.25, -0.2) is 0 Å². The topological polar surface area (TPSA) is 29.3 Å². The Morgan fingerprint density at radius 2 is 1.69 bits per heavy atom. The summed E-state index contributed by atoms with van der Waals surface area (Å²) in [4.78, 5) is 2.44. The average Bonchev–Trinajstić information content (AvgIpc) is 2.29. The van der Waals surface area contributed by atoms with Crippen LogP contribution in [0.1, 0.15) is 45.2 Å². The van der Waals surface area contributed by atoms with Crippen LogP contribution in [0.25, 0.3) is 0 Å². The lowest BCUT2D eigenvalue weighted by Gasteiger charge is -2.27. The highest BCUT2D eigenvalue weighted by Crippen LogP contribution is 2.25. The van der Waals surface area contributed by atoms with Gasteiger partial charge in [-0.1, -0.05) is 32.0 Å². The molecule has 1 aromatic carbocycles. The zero-order valence-electron chi connectivity index (χ0n) is 10.7. The van der Waals surface area contributed by atoms with Gasteiger partial charge in [-0.05, 0) is 31.4 Å². The second-order valence-electron chi connectivity index (χ2n) is 4.33. The molecular weight excluding hydrogens is 196 g/mol. The van der Waals surface area contributed by atoms with Crippen molar-refractivity contribution >= 4 is 5.69 Å². The van der Waals surface area contributed by atoms with E-state index in [2.05, 4.69) is 49.9 Å². The SMILES string of the molecule is CCCN(CCC)c1ccccc1C(C)N. The first kappa shape index (κ1) is 13.0. The van der Waals surface area contributed by atoms with Crippen molar-refractivity contribution in [3.63, 3.8) is 0 Å². The van der Waals surface area contributed by atoms with Gasteiger partial charge in [0.1, 0.15) is 0 Å². The molecule has 0 bridgehead atoms. The summed E-state index contributed by atoms with van der Waals surface area (Å²) in [5.74, 6) is 0. The molecule has 0 fully saturated rings. The summed E-state index contributed by atoms with van der Waals surface area (Å²) in [6.45, 7) is 8.71. The summed E-state index contributed by atoms with van der Waals surface area (Å²) in [5.41, 5.74) is 8.58. The number of anilines is 1. The van der Waals surface area contributed by atoms with Gasteiger partial charge in [-0.15, -0.1) is 0 Å². The monoisotopic (exact) mass is 220 g/mol. The van der Waals surface area contributed by atoms with Crippen LogP contribution in [-0.2, 0) is 0 Å². The van der Waals surface area contributed by atoms with Crippen LogP contribution in [0.4, 0.5) is 5.69 Å². The average molecular weight is 220 g/mol. The lowest BCUT2D eigenvalue weighted by molar-refractivity contribution is 0.727. The first-order valence-corrected chi connectivity index (χ1v) is 6.30. The van der Waals surface area contributed by atoms with E-state index in [0.717, 1.165) is 13.1 Å². The molecule has 2 nitrogen and oxygen atoms in total. The minimum absolute atomic E-state index is 0.104. The third-order valence-electron chi connectivity index (χ3n) is 2.76. The van der Waals surface area contributed by atoms with Crippen LogP contribution in [0.5, 0.6) is 0 Å². The summed E-state index contributed by atoms with van der Waals surface area (Å²) in [7, 11) is 0. The quantitative estimate of drug-likeness (QED) is 0.796. The second kappa shape index (κ2) is 6.54. The Hall–Kier alpha value is -1.02. The molecule has 0 aliphatic carbocycles. The molecule has 2 N–H and O–H groups in total. The Balaban J connectivity index is 2.97. The smallest absolute Gasteiger partial charge is 0.0414 e. The molecule has 1 atom stereocenters. The van der Waals surface area contributed by atoms with Gasteiger partial charge in [0.25, 0.3) is 0 Å². The second-order valence-corrected chi connectivity index (χ2v) is 4.33. The first-order chi connectivity index (χ1) is 7.70. The molecule has 0 heterocycles. The maximum Gasteiger partial charge on any atom is 0.0414 e. The minimum atomic E-state index is 0.104. The molecule has 0 amide bonds. The Kier molecular flexibility index (Phi) is 5.33. The first-order valence-electron chi connectivity index (χ1n) is 6.30. The van der Waals surface area contributed by atoms with Gasteiger partial charge in [0, 0.05) is 24.8 Å². The Bertz CT molecular complexity index is 301. The molecule has 0 saturated carbocycles. The van der Waals surface area contributed by atoms with Gasteiger partial charge in [0.2, 0.25) is 0 Å². The van der Waals surface area contributed by atoms with Crippen LogP contribution in [0.15, 0.2) is 24.3 Å². The van der Waals surface area contributed by atoms with Gasteiger partial charge in [0.15, 0.2) is 0 Å². The highest BCUT2D eigenvalue weighted by Gasteiger charge is 2.11. The van der Waals surface area contributed by atoms with Crippen molar-refractivity contribution in [2.45, 2.75) is 39.7 Å². The van der Waals surface area contributed by atoms with Crippen molar-refractivity contribution in [2.75, 3.05) is 18.0 Å². The summed E-state index contributed by atoms with van der Waals surface area (Å²) in [5, 5.41) is 0. The van der Waals surface area contributed by atoms with Crippen molar-refractivity contribution in [2.24, 2.45) is 5.73 Å². The van der Waals surface area contributed by atoms with Crippen molar-refractivity contribution in [1.82, 2.24) is 0 Å². The molecule has 2 heteroatoms. The molecule has 0 aliphatic rings. The normalized spacial score (nSPS) is 12.5. The highest BCUT2D eigenvalue weighted by atomic mass is 15.1. The van der Waals surface area contributed by atoms with E-state index < -0.39 is 0 Å². The molecule has 1 unspecified atom stereocenters. The molecule has 90 valence electrons. The van der Waals surface area contributed by atoms with Crippen LogP contribution in [-0.4, -0.2) is 13.1 Å². The van der Waals surface area contributed by atoms with Crippen LogP contribution in [0.2, 0.25) is 0 Å². The van der Waals surface area contributed by atoms with E-state index in [1.54, 1.807) is 0 Å². The van der Waals surface area contributed by atoms with Crippen LogP contribution in [0, 0.1) is 0 Å². The van der Waals surface area contributed by atoms with Crippen LogP contribution < -0.4 is 10.6 Å². The van der Waals surface area contributed by atoms with Gasteiger partial charge < -0.3 is 10.6 Å². The van der Waals surface area contributed by atoms with Crippen LogP contribution >= 0.6 is 0 Å². The molecule has 0 radical (unpaired) electrons. The van der Waals surface area contributed by atoms with Crippen molar-refractivity contribution in [1.29, 1.82) is 0 Å². The Morgan fingerprint density at radius 1 is 1.12 bits per heavy atom. The predicted molar refractivity (Wildman–Crippen MR) is 71.8 cm³/mol. The predicted octanol–water partition coefficient (Wildman–Crippen LogP) is 3.33. The highest BCUT2D eigenvalue weighted by molar-refractivity contribution is 5.54. The molecule has 1 aromatic rings. The largest absolute Gasteiger partial charge is 0.371 e. The summed E-state index contributed by atoms with van der Waals surface area (Å²) in [6, 6.07) is 8.59. The number of nitrogens with zero attached hydrogens (tertiary/aromatic N) is 1. The van der Waals surface area contributed by atoms with Gasteiger partial charge in [-0.3, -0.25) is 0 Å². The van der Waals surface area contributed by atoms with E-state index in [9.17, 15) is 0 Å². The summed E-state index contributed by atoms with van der Waals surface area (Å²) in [6.07, 6.45) is 2.35. The van der Waals surface area contributed by atoms with E-state index in [4.69, 9.17) is 5.73 Å². The number of para-hydroxylation sites is 1. The standard InChI is InChI=1S/C14H24N2/c1-4-10-16(11-5-2)14-9-7-6-8-13(14)12(3)15/h6-9,12H,4-5,10-11,15H2,1-3H3. The van der Waals surface area contributed by atoms with Crippen LogP contribution in [0.3, 0.4) is 0 Å². The van der Waals surface area contributed by atoms with Gasteiger partial charge >= 0.3 is 0 Å². The molecular formula is C14H24N2. The van der Waals surface area contributed by atoms with Gasteiger partial charge in [-0.2, -0.15) is 0 Å². The fourth-order valence-corrected chi connectivity index (χ4v) is 2.05. The summed E-state index contributed by atoms with van der Waals surface area (Å²) < 4.78 is 0. The Labute approximate surface area is 99.5 Å². The fourth-order valence-electron chi connectivity index (χ4n) is 2.05. The lowest BCUT2D eigenvalue weighted by Crippen LogP contribution is -2.27. The third-order valence-corrected chi connectivity index (χ3v) is 2.76. The molecule has 0 aromatic heterocycles. The molecule has 1 rings (SSSR count). The van der Waals surface area contributed by atoms with E-state index in [0.29, 0.717) is 0 Å². The minimum Gasteiger partial charge on any atom is -0.371 e. The summed E-state index contributed by atoms with van der Waals surface area (Å²) >= 11 is 0. The maximum atomic E-state index is 6.02. The van der Waals surface area contributed by atoms with E-state index in [1.807, 2.05) is 0 Å². The van der Waals surface area contributed by atoms with E-state index in [1.165, 1.54) is 24.1 Å². The fraction of sp³-hybridized carbons (Fsp3) is 0.571. The third kappa shape index (κ3) is 3.24. The van der Waals surface area contributed by atoms with Crippen molar-refractivity contribution in [3.8, 4) is 0 Å². The van der Waals surface area contributed by atoms with E-state index in [-0.39, 0.29) is 6.04 Å². The Morgan fingerprint density at radius 3 is 2.19 bits per heavy atom. The zero-order chi connectivity index (χ0) is 12.0. The number of hydrogen-bond acceptors (Lipinski definition) is 2. The van der Waals surface area contributed by atoms with Gasteiger partial charge in [0.05, 0.1) is 0 Å². The number of rotatable bonds is 6. The molecule has 0 spiro atoms. The number of nitrogens with two attached hydrogens (primary N) is 1. The molecule has 16 heavy (non-hydrogen) atoms. The van der Waals surface area contributed by atoms with Crippen molar-refractivity contribution < 1.29 is 0 Å².